The van der Waals surface area contributed by atoms with Crippen LogP contribution in [0.15, 0.2) is 29.3 Å². The smallest absolute Gasteiger partial charge is 0.191 e. The van der Waals surface area contributed by atoms with Crippen molar-refractivity contribution in [3.8, 4) is 0 Å². The van der Waals surface area contributed by atoms with E-state index in [0.29, 0.717) is 6.54 Å². The summed E-state index contributed by atoms with van der Waals surface area (Å²) in [7, 11) is 1.80. The molecule has 0 spiro atoms. The van der Waals surface area contributed by atoms with Crippen molar-refractivity contribution >= 4 is 5.96 Å². The highest BCUT2D eigenvalue weighted by molar-refractivity contribution is 5.79. The van der Waals surface area contributed by atoms with E-state index in [-0.39, 0.29) is 5.41 Å². The first-order chi connectivity index (χ1) is 13.0. The third-order valence-electron chi connectivity index (χ3n) is 5.10. The molecule has 6 heteroatoms. The number of aliphatic imine (C=N–C) groups is 1. The van der Waals surface area contributed by atoms with E-state index in [9.17, 15) is 0 Å². The second kappa shape index (κ2) is 8.55. The number of aromatic nitrogens is 3. The number of hydrogen-bond acceptors (Lipinski definition) is 3. The summed E-state index contributed by atoms with van der Waals surface area (Å²) in [6.45, 7) is 9.23. The molecular formula is C21H32N6. The fourth-order valence-electron chi connectivity index (χ4n) is 3.38. The minimum atomic E-state index is 0.198. The maximum atomic E-state index is 4.33. The van der Waals surface area contributed by atoms with Crippen molar-refractivity contribution in [3.63, 3.8) is 0 Å². The van der Waals surface area contributed by atoms with E-state index < -0.39 is 0 Å². The van der Waals surface area contributed by atoms with E-state index in [2.05, 4.69) is 75.4 Å². The Bertz CT molecular complexity index is 767. The van der Waals surface area contributed by atoms with Gasteiger partial charge in [0.25, 0.3) is 0 Å². The van der Waals surface area contributed by atoms with Gasteiger partial charge in [-0.25, -0.2) is 0 Å². The van der Waals surface area contributed by atoms with Gasteiger partial charge in [0.1, 0.15) is 5.82 Å². The first-order valence-electron chi connectivity index (χ1n) is 9.92. The van der Waals surface area contributed by atoms with E-state index >= 15 is 0 Å². The van der Waals surface area contributed by atoms with Gasteiger partial charge in [-0.1, -0.05) is 45.0 Å². The highest BCUT2D eigenvalue weighted by Gasteiger charge is 2.15. The lowest BCUT2D eigenvalue weighted by molar-refractivity contribution is 0.504. The molecule has 1 aromatic heterocycles. The summed E-state index contributed by atoms with van der Waals surface area (Å²) in [6, 6.07) is 8.91. The van der Waals surface area contributed by atoms with Gasteiger partial charge in [0.2, 0.25) is 0 Å². The average molecular weight is 369 g/mol. The Labute approximate surface area is 162 Å². The van der Waals surface area contributed by atoms with Crippen molar-refractivity contribution in [3.05, 3.63) is 47.0 Å². The van der Waals surface area contributed by atoms with Crippen molar-refractivity contribution in [2.24, 2.45) is 4.99 Å². The molecule has 146 valence electrons. The third-order valence-corrected chi connectivity index (χ3v) is 5.10. The minimum Gasteiger partial charge on any atom is -0.356 e. The fraction of sp³-hybridized carbons (Fsp3) is 0.571. The van der Waals surface area contributed by atoms with Crippen LogP contribution in [0.5, 0.6) is 0 Å². The fourth-order valence-corrected chi connectivity index (χ4v) is 3.38. The summed E-state index contributed by atoms with van der Waals surface area (Å²) in [5.74, 6) is 2.90. The van der Waals surface area contributed by atoms with Gasteiger partial charge in [-0.2, -0.15) is 0 Å². The molecule has 2 heterocycles. The molecule has 6 nitrogen and oxygen atoms in total. The number of hydrogen-bond donors (Lipinski definition) is 2. The molecule has 1 aliphatic rings. The lowest BCUT2D eigenvalue weighted by Gasteiger charge is -2.19. The van der Waals surface area contributed by atoms with E-state index in [1.54, 1.807) is 7.05 Å². The summed E-state index contributed by atoms with van der Waals surface area (Å²) in [5.41, 5.74) is 2.90. The van der Waals surface area contributed by atoms with Crippen LogP contribution >= 0.6 is 0 Å². The van der Waals surface area contributed by atoms with Crippen molar-refractivity contribution in [2.45, 2.75) is 65.0 Å². The van der Waals surface area contributed by atoms with Crippen molar-refractivity contribution in [2.75, 3.05) is 13.6 Å². The van der Waals surface area contributed by atoms with Crippen LogP contribution in [-0.4, -0.2) is 34.3 Å². The van der Waals surface area contributed by atoms with Gasteiger partial charge in [0.05, 0.1) is 6.54 Å². The Morgan fingerprint density at radius 3 is 2.59 bits per heavy atom. The van der Waals surface area contributed by atoms with Crippen LogP contribution in [0.2, 0.25) is 0 Å². The van der Waals surface area contributed by atoms with Gasteiger partial charge in [0.15, 0.2) is 11.8 Å². The largest absolute Gasteiger partial charge is 0.356 e. The number of aryl methyl sites for hydroxylation is 1. The van der Waals surface area contributed by atoms with E-state index in [1.807, 2.05) is 0 Å². The highest BCUT2D eigenvalue weighted by Crippen LogP contribution is 2.22. The maximum absolute atomic E-state index is 4.33. The van der Waals surface area contributed by atoms with Crippen LogP contribution in [0.4, 0.5) is 0 Å². The van der Waals surface area contributed by atoms with Gasteiger partial charge < -0.3 is 15.2 Å². The van der Waals surface area contributed by atoms with Crippen LogP contribution in [-0.2, 0) is 31.3 Å². The highest BCUT2D eigenvalue weighted by atomic mass is 15.3. The second-order valence-corrected chi connectivity index (χ2v) is 8.19. The normalized spacial score (nSPS) is 14.7. The van der Waals surface area contributed by atoms with Crippen LogP contribution in [0.1, 0.15) is 56.4 Å². The zero-order chi connectivity index (χ0) is 19.3. The third kappa shape index (κ3) is 5.08. The zero-order valence-electron chi connectivity index (χ0n) is 17.0. The van der Waals surface area contributed by atoms with Gasteiger partial charge in [-0.3, -0.25) is 4.99 Å². The van der Waals surface area contributed by atoms with Crippen LogP contribution in [0.3, 0.4) is 0 Å². The summed E-state index contributed by atoms with van der Waals surface area (Å²) in [6.07, 6.45) is 4.42. The molecule has 1 aliphatic heterocycles. The van der Waals surface area contributed by atoms with Crippen molar-refractivity contribution in [1.29, 1.82) is 0 Å². The molecule has 0 unspecified atom stereocenters. The molecule has 3 rings (SSSR count). The quantitative estimate of drug-likeness (QED) is 0.629. The molecule has 0 aliphatic carbocycles. The van der Waals surface area contributed by atoms with Crippen LogP contribution in [0, 0.1) is 0 Å². The Kier molecular flexibility index (Phi) is 6.14. The van der Waals surface area contributed by atoms with Gasteiger partial charge in [-0.05, 0) is 35.8 Å². The minimum absolute atomic E-state index is 0.198. The summed E-state index contributed by atoms with van der Waals surface area (Å²) >= 11 is 0. The molecule has 0 radical (unpaired) electrons. The number of fused-ring (bicyclic) bond motifs is 1. The first-order valence-corrected chi connectivity index (χ1v) is 9.92. The van der Waals surface area contributed by atoms with E-state index in [0.717, 1.165) is 43.5 Å². The summed E-state index contributed by atoms with van der Waals surface area (Å²) in [5, 5.41) is 15.4. The van der Waals surface area contributed by atoms with E-state index in [4.69, 9.17) is 0 Å². The Balaban J connectivity index is 1.46. The number of guanidine groups is 1. The molecule has 0 atom stereocenters. The monoisotopic (exact) mass is 368 g/mol. The maximum Gasteiger partial charge on any atom is 0.191 e. The molecule has 2 N–H and O–H groups in total. The predicted molar refractivity (Wildman–Crippen MR) is 110 cm³/mol. The number of rotatable bonds is 5. The lowest BCUT2D eigenvalue weighted by atomic mass is 9.86. The topological polar surface area (TPSA) is 67.1 Å². The Morgan fingerprint density at radius 2 is 1.89 bits per heavy atom. The first kappa shape index (κ1) is 19.4. The molecule has 2 aromatic rings. The SMILES string of the molecule is CN=C(NCCc1ccc(C(C)(C)C)cc1)NCc1nnc2n1CCCC2. The van der Waals surface area contributed by atoms with Gasteiger partial charge in [-0.15, -0.1) is 10.2 Å². The molecule has 27 heavy (non-hydrogen) atoms. The molecule has 1 aromatic carbocycles. The average Bonchev–Trinajstić information content (AvgIpc) is 3.07. The predicted octanol–water partition coefficient (Wildman–Crippen LogP) is 2.82. The van der Waals surface area contributed by atoms with Crippen LogP contribution in [0.25, 0.3) is 0 Å². The Hall–Kier alpha value is -2.37. The van der Waals surface area contributed by atoms with Crippen molar-refractivity contribution in [1.82, 2.24) is 25.4 Å². The number of benzene rings is 1. The summed E-state index contributed by atoms with van der Waals surface area (Å²) in [4.78, 5) is 4.31. The van der Waals surface area contributed by atoms with Gasteiger partial charge in [0, 0.05) is 26.6 Å². The van der Waals surface area contributed by atoms with E-state index in [1.165, 1.54) is 24.0 Å². The Morgan fingerprint density at radius 1 is 1.11 bits per heavy atom. The lowest BCUT2D eigenvalue weighted by Crippen LogP contribution is -2.38. The number of nitrogens with zero attached hydrogens (tertiary/aromatic N) is 4. The standard InChI is InChI=1S/C21H32N6/c1-21(2,3)17-10-8-16(9-11-17)12-13-23-20(22-4)24-15-19-26-25-18-7-5-6-14-27(18)19/h8-11H,5-7,12-15H2,1-4H3,(H2,22,23,24). The summed E-state index contributed by atoms with van der Waals surface area (Å²) < 4.78 is 2.24. The molecule has 0 bridgehead atoms. The van der Waals surface area contributed by atoms with Crippen LogP contribution < -0.4 is 10.6 Å². The zero-order valence-corrected chi connectivity index (χ0v) is 17.0. The molecular weight excluding hydrogens is 336 g/mol. The molecule has 0 saturated carbocycles. The molecule has 0 amide bonds. The van der Waals surface area contributed by atoms with Crippen molar-refractivity contribution < 1.29 is 0 Å². The second-order valence-electron chi connectivity index (χ2n) is 8.19. The molecule has 0 saturated heterocycles. The number of nitrogens with one attached hydrogen (secondary N) is 2. The molecule has 0 fully saturated rings. The van der Waals surface area contributed by atoms with Gasteiger partial charge >= 0.3 is 0 Å².